The van der Waals surface area contributed by atoms with E-state index < -0.39 is 0 Å². The summed E-state index contributed by atoms with van der Waals surface area (Å²) in [5.74, 6) is 0.313. The van der Waals surface area contributed by atoms with Crippen LogP contribution < -0.4 is 4.90 Å². The summed E-state index contributed by atoms with van der Waals surface area (Å²) in [6.07, 6.45) is 1.73. The number of amides is 1. The number of nitriles is 1. The highest BCUT2D eigenvalue weighted by Gasteiger charge is 2.34. The number of aryl methyl sites for hydroxylation is 1. The maximum Gasteiger partial charge on any atom is 0.229 e. The number of thioether (sulfide) groups is 1. The molecule has 1 atom stereocenters. The number of hydrogen-bond acceptors (Lipinski definition) is 6. The molecular weight excluding hydrogens is 302 g/mol. The van der Waals surface area contributed by atoms with Gasteiger partial charge in [0.05, 0.1) is 11.9 Å². The minimum Gasteiger partial charge on any atom is -0.294 e. The lowest BCUT2D eigenvalue weighted by molar-refractivity contribution is -0.117. The van der Waals surface area contributed by atoms with Crippen LogP contribution in [0.25, 0.3) is 5.65 Å². The van der Waals surface area contributed by atoms with E-state index in [0.29, 0.717) is 18.0 Å². The lowest BCUT2D eigenvalue weighted by Gasteiger charge is -2.18. The summed E-state index contributed by atoms with van der Waals surface area (Å²) in [5.41, 5.74) is 1.63. The summed E-state index contributed by atoms with van der Waals surface area (Å²) in [6.45, 7) is 3.69. The van der Waals surface area contributed by atoms with Crippen molar-refractivity contribution in [3.8, 4) is 6.07 Å². The van der Waals surface area contributed by atoms with Gasteiger partial charge in [0.25, 0.3) is 0 Å². The third-order valence-electron chi connectivity index (χ3n) is 3.38. The number of nitrogens with zero attached hydrogens (tertiary/aromatic N) is 5. The van der Waals surface area contributed by atoms with Crippen molar-refractivity contribution in [1.82, 2.24) is 14.6 Å². The molecule has 0 bridgehead atoms. The fourth-order valence-electron chi connectivity index (χ4n) is 2.57. The molecule has 0 spiro atoms. The zero-order valence-electron chi connectivity index (χ0n) is 12.1. The number of hydrogen-bond donors (Lipinski definition) is 0. The molecule has 0 N–H and O–H groups in total. The van der Waals surface area contributed by atoms with Crippen LogP contribution in [-0.4, -0.2) is 37.4 Å². The standard InChI is InChI=1S/C14H13N5O2S/c1-8-3-12-16-6-10(5-15)14(19(12)17-8)18-7-11(4-13(18)21)22-9(2)20/h3,6,11H,4,7H2,1-2H3. The van der Waals surface area contributed by atoms with Crippen molar-refractivity contribution < 1.29 is 9.59 Å². The normalized spacial score (nSPS) is 18.0. The zero-order chi connectivity index (χ0) is 15.9. The van der Waals surface area contributed by atoms with E-state index in [1.54, 1.807) is 6.07 Å². The van der Waals surface area contributed by atoms with Gasteiger partial charge in [-0.2, -0.15) is 14.9 Å². The van der Waals surface area contributed by atoms with E-state index in [-0.39, 0.29) is 28.3 Å². The Labute approximate surface area is 130 Å². The summed E-state index contributed by atoms with van der Waals surface area (Å²) in [5, 5.41) is 13.5. The molecule has 0 aromatic carbocycles. The minimum absolute atomic E-state index is 0.0186. The largest absolute Gasteiger partial charge is 0.294 e. The van der Waals surface area contributed by atoms with E-state index in [2.05, 4.69) is 16.2 Å². The average Bonchev–Trinajstić information content (AvgIpc) is 2.98. The number of fused-ring (bicyclic) bond motifs is 1. The number of anilines is 1. The van der Waals surface area contributed by atoms with Gasteiger partial charge in [-0.15, -0.1) is 0 Å². The molecule has 0 saturated carbocycles. The Morgan fingerprint density at radius 3 is 3.00 bits per heavy atom. The minimum atomic E-state index is -0.115. The monoisotopic (exact) mass is 315 g/mol. The first kappa shape index (κ1) is 14.5. The molecule has 1 fully saturated rings. The van der Waals surface area contributed by atoms with Crippen molar-refractivity contribution in [3.05, 3.63) is 23.5 Å². The van der Waals surface area contributed by atoms with Crippen molar-refractivity contribution in [2.24, 2.45) is 0 Å². The van der Waals surface area contributed by atoms with E-state index >= 15 is 0 Å². The molecule has 0 aliphatic carbocycles. The van der Waals surface area contributed by atoms with E-state index in [0.717, 1.165) is 17.5 Å². The van der Waals surface area contributed by atoms with Gasteiger partial charge >= 0.3 is 0 Å². The van der Waals surface area contributed by atoms with E-state index in [1.807, 2.05) is 6.92 Å². The predicted molar refractivity (Wildman–Crippen MR) is 81.5 cm³/mol. The quantitative estimate of drug-likeness (QED) is 0.829. The first-order valence-electron chi connectivity index (χ1n) is 6.72. The predicted octanol–water partition coefficient (Wildman–Crippen LogP) is 1.29. The molecule has 1 unspecified atom stereocenters. The highest BCUT2D eigenvalue weighted by atomic mass is 32.2. The number of carbonyl (C=O) groups excluding carboxylic acids is 2. The Morgan fingerprint density at radius 2 is 2.32 bits per heavy atom. The third-order valence-corrected chi connectivity index (χ3v) is 4.36. The molecule has 1 aliphatic heterocycles. The van der Waals surface area contributed by atoms with Crippen LogP contribution in [0.3, 0.4) is 0 Å². The fraction of sp³-hybridized carbons (Fsp3) is 0.357. The maximum atomic E-state index is 12.3. The van der Waals surface area contributed by atoms with Crippen LogP contribution in [0.1, 0.15) is 24.6 Å². The van der Waals surface area contributed by atoms with Gasteiger partial charge in [0.15, 0.2) is 16.6 Å². The molecule has 1 aliphatic rings. The topological polar surface area (TPSA) is 91.4 Å². The van der Waals surface area contributed by atoms with Crippen LogP contribution in [0, 0.1) is 18.3 Å². The summed E-state index contributed by atoms with van der Waals surface area (Å²) >= 11 is 1.16. The van der Waals surface area contributed by atoms with Gasteiger partial charge < -0.3 is 0 Å². The van der Waals surface area contributed by atoms with Gasteiger partial charge in [-0.1, -0.05) is 11.8 Å². The number of rotatable bonds is 2. The van der Waals surface area contributed by atoms with Gasteiger partial charge in [-0.05, 0) is 6.92 Å². The van der Waals surface area contributed by atoms with Gasteiger partial charge in [0.2, 0.25) is 5.91 Å². The van der Waals surface area contributed by atoms with Crippen LogP contribution in [0.2, 0.25) is 0 Å². The molecule has 0 radical (unpaired) electrons. The van der Waals surface area contributed by atoms with Gasteiger partial charge in [-0.25, -0.2) is 4.98 Å². The van der Waals surface area contributed by atoms with E-state index in [9.17, 15) is 14.9 Å². The van der Waals surface area contributed by atoms with E-state index in [1.165, 1.54) is 22.5 Å². The van der Waals surface area contributed by atoms with Crippen molar-refractivity contribution >= 4 is 34.2 Å². The van der Waals surface area contributed by atoms with Crippen molar-refractivity contribution in [1.29, 1.82) is 5.26 Å². The van der Waals surface area contributed by atoms with Gasteiger partial charge in [0.1, 0.15) is 11.6 Å². The Bertz CT molecular complexity index is 822. The van der Waals surface area contributed by atoms with Crippen molar-refractivity contribution in [2.45, 2.75) is 25.5 Å². The second-order valence-corrected chi connectivity index (χ2v) is 6.58. The highest BCUT2D eigenvalue weighted by Crippen LogP contribution is 2.30. The zero-order valence-corrected chi connectivity index (χ0v) is 12.9. The number of aromatic nitrogens is 3. The number of carbonyl (C=O) groups is 2. The molecule has 2 aromatic rings. The molecule has 1 amide bonds. The summed E-state index contributed by atoms with van der Waals surface area (Å²) in [4.78, 5) is 29.3. The Morgan fingerprint density at radius 1 is 1.55 bits per heavy atom. The SMILES string of the molecule is CC(=O)SC1CC(=O)N(c2c(C#N)cnc3cc(C)nn23)C1. The lowest BCUT2D eigenvalue weighted by atomic mass is 10.3. The molecule has 22 heavy (non-hydrogen) atoms. The van der Waals surface area contributed by atoms with Crippen LogP contribution in [0.5, 0.6) is 0 Å². The molecule has 112 valence electrons. The summed E-state index contributed by atoms with van der Waals surface area (Å²) in [7, 11) is 0. The lowest BCUT2D eigenvalue weighted by Crippen LogP contribution is -2.28. The maximum absolute atomic E-state index is 12.3. The molecule has 3 heterocycles. The van der Waals surface area contributed by atoms with Gasteiger partial charge in [-0.3, -0.25) is 14.5 Å². The first-order valence-corrected chi connectivity index (χ1v) is 7.60. The third kappa shape index (κ3) is 2.44. The molecule has 3 rings (SSSR count). The van der Waals surface area contributed by atoms with Crippen LogP contribution in [0.15, 0.2) is 12.3 Å². The van der Waals surface area contributed by atoms with E-state index in [4.69, 9.17) is 0 Å². The van der Waals surface area contributed by atoms with Crippen LogP contribution >= 0.6 is 11.8 Å². The van der Waals surface area contributed by atoms with Crippen molar-refractivity contribution in [2.75, 3.05) is 11.4 Å². The average molecular weight is 315 g/mol. The van der Waals surface area contributed by atoms with Crippen molar-refractivity contribution in [3.63, 3.8) is 0 Å². The molecule has 7 nitrogen and oxygen atoms in total. The molecular formula is C14H13N5O2S. The second kappa shape index (κ2) is 5.42. The second-order valence-electron chi connectivity index (χ2n) is 5.10. The summed E-state index contributed by atoms with van der Waals surface area (Å²) < 4.78 is 1.52. The fourth-order valence-corrected chi connectivity index (χ4v) is 3.49. The Hall–Kier alpha value is -2.40. The first-order chi connectivity index (χ1) is 10.5. The molecule has 1 saturated heterocycles. The smallest absolute Gasteiger partial charge is 0.229 e. The molecule has 2 aromatic heterocycles. The Balaban J connectivity index is 2.07. The summed E-state index contributed by atoms with van der Waals surface area (Å²) in [6, 6.07) is 3.84. The van der Waals surface area contributed by atoms with Crippen LogP contribution in [0.4, 0.5) is 5.82 Å². The Kier molecular flexibility index (Phi) is 3.58. The van der Waals surface area contributed by atoms with Crippen LogP contribution in [-0.2, 0) is 9.59 Å². The highest BCUT2D eigenvalue weighted by molar-refractivity contribution is 8.14. The van der Waals surface area contributed by atoms with Gasteiger partial charge in [0, 0.05) is 31.2 Å². The molecule has 8 heteroatoms.